The highest BCUT2D eigenvalue weighted by atomic mass is 19.2. The highest BCUT2D eigenvalue weighted by Crippen LogP contribution is 2.24. The monoisotopic (exact) mass is 316 g/mol. The van der Waals surface area contributed by atoms with Crippen LogP contribution in [-0.2, 0) is 4.74 Å². The molecule has 1 aromatic carbocycles. The molecule has 0 radical (unpaired) electrons. The zero-order valence-electron chi connectivity index (χ0n) is 12.8. The van der Waals surface area contributed by atoms with Crippen LogP contribution in [0.3, 0.4) is 0 Å². The van der Waals surface area contributed by atoms with Gasteiger partial charge in [0.05, 0.1) is 5.69 Å². The van der Waals surface area contributed by atoms with Gasteiger partial charge in [-0.1, -0.05) is 0 Å². The first-order valence-electron chi connectivity index (χ1n) is 7.05. The van der Waals surface area contributed by atoms with E-state index in [1.54, 1.807) is 25.7 Å². The number of benzene rings is 1. The number of ether oxygens (including phenoxy) is 1. The van der Waals surface area contributed by atoms with Gasteiger partial charge in [0.2, 0.25) is 0 Å². The number of hydrogen-bond donors (Lipinski definition) is 0. The minimum atomic E-state index is -1.21. The molecule has 22 heavy (non-hydrogen) atoms. The smallest absolute Gasteiger partial charge is 0.410 e. The van der Waals surface area contributed by atoms with Crippen molar-refractivity contribution in [2.75, 3.05) is 31.1 Å². The summed E-state index contributed by atoms with van der Waals surface area (Å²) in [7, 11) is 0. The van der Waals surface area contributed by atoms with Gasteiger partial charge in [-0.3, -0.25) is 0 Å². The van der Waals surface area contributed by atoms with E-state index in [-0.39, 0.29) is 5.69 Å². The summed E-state index contributed by atoms with van der Waals surface area (Å²) >= 11 is 0. The zero-order valence-corrected chi connectivity index (χ0v) is 12.8. The molecule has 0 spiro atoms. The van der Waals surface area contributed by atoms with Gasteiger partial charge in [0.15, 0.2) is 11.6 Å². The fourth-order valence-electron chi connectivity index (χ4n) is 2.21. The number of nitrogens with zero attached hydrogens (tertiary/aromatic N) is 2. The van der Waals surface area contributed by atoms with Crippen LogP contribution in [0.5, 0.6) is 0 Å². The molecule has 1 heterocycles. The Kier molecular flexibility index (Phi) is 4.53. The Morgan fingerprint density at radius 1 is 1.00 bits per heavy atom. The topological polar surface area (TPSA) is 32.8 Å². The lowest BCUT2D eigenvalue weighted by Crippen LogP contribution is -2.50. The van der Waals surface area contributed by atoms with Crippen LogP contribution in [0.2, 0.25) is 0 Å². The summed E-state index contributed by atoms with van der Waals surface area (Å²) in [4.78, 5) is 15.0. The molecule has 1 aromatic rings. The van der Waals surface area contributed by atoms with Crippen LogP contribution in [-0.4, -0.2) is 42.8 Å². The summed E-state index contributed by atoms with van der Waals surface area (Å²) in [6.45, 7) is 6.62. The molecule has 1 saturated heterocycles. The lowest BCUT2D eigenvalue weighted by molar-refractivity contribution is 0.0240. The third-order valence-electron chi connectivity index (χ3n) is 3.26. The van der Waals surface area contributed by atoms with E-state index in [4.69, 9.17) is 4.74 Å². The first-order chi connectivity index (χ1) is 10.2. The van der Waals surface area contributed by atoms with Gasteiger partial charge in [0.1, 0.15) is 11.4 Å². The fourth-order valence-corrected chi connectivity index (χ4v) is 2.21. The SMILES string of the molecule is CC(C)(C)OC(=O)N1CCN(c2cc(F)c(F)cc2F)CC1. The molecule has 1 amide bonds. The van der Waals surface area contributed by atoms with Crippen LogP contribution in [0, 0.1) is 17.5 Å². The number of anilines is 1. The van der Waals surface area contributed by atoms with Crippen molar-refractivity contribution < 1.29 is 22.7 Å². The van der Waals surface area contributed by atoms with Crippen LogP contribution in [0.25, 0.3) is 0 Å². The molecule has 7 heteroatoms. The Labute approximate surface area is 127 Å². The van der Waals surface area contributed by atoms with Crippen molar-refractivity contribution in [3.63, 3.8) is 0 Å². The first-order valence-corrected chi connectivity index (χ1v) is 7.05. The number of hydrogen-bond acceptors (Lipinski definition) is 3. The second-order valence-corrected chi connectivity index (χ2v) is 6.17. The lowest BCUT2D eigenvalue weighted by Gasteiger charge is -2.36. The van der Waals surface area contributed by atoms with Crippen molar-refractivity contribution in [2.24, 2.45) is 0 Å². The highest BCUT2D eigenvalue weighted by Gasteiger charge is 2.27. The van der Waals surface area contributed by atoms with E-state index in [2.05, 4.69) is 0 Å². The van der Waals surface area contributed by atoms with Crippen LogP contribution in [0.1, 0.15) is 20.8 Å². The minimum Gasteiger partial charge on any atom is -0.444 e. The van der Waals surface area contributed by atoms with Crippen molar-refractivity contribution in [2.45, 2.75) is 26.4 Å². The first kappa shape index (κ1) is 16.5. The molecule has 4 nitrogen and oxygen atoms in total. The van der Waals surface area contributed by atoms with Gasteiger partial charge < -0.3 is 14.5 Å². The second-order valence-electron chi connectivity index (χ2n) is 6.17. The summed E-state index contributed by atoms with van der Waals surface area (Å²) in [5, 5.41) is 0. The van der Waals surface area contributed by atoms with Crippen molar-refractivity contribution in [3.05, 3.63) is 29.6 Å². The Morgan fingerprint density at radius 2 is 1.55 bits per heavy atom. The van der Waals surface area contributed by atoms with E-state index in [0.717, 1.165) is 6.07 Å². The average Bonchev–Trinajstić information content (AvgIpc) is 2.41. The van der Waals surface area contributed by atoms with Crippen molar-refractivity contribution in [1.29, 1.82) is 0 Å². The molecule has 1 aliphatic heterocycles. The molecule has 1 aliphatic rings. The molecule has 0 bridgehead atoms. The predicted molar refractivity (Wildman–Crippen MR) is 76.3 cm³/mol. The van der Waals surface area contributed by atoms with E-state index in [1.165, 1.54) is 4.90 Å². The second kappa shape index (κ2) is 6.06. The van der Waals surface area contributed by atoms with Crippen molar-refractivity contribution in [3.8, 4) is 0 Å². The van der Waals surface area contributed by atoms with Gasteiger partial charge in [-0.15, -0.1) is 0 Å². The van der Waals surface area contributed by atoms with E-state index in [1.807, 2.05) is 0 Å². The van der Waals surface area contributed by atoms with Gasteiger partial charge in [0.25, 0.3) is 0 Å². The quantitative estimate of drug-likeness (QED) is 0.746. The van der Waals surface area contributed by atoms with Crippen molar-refractivity contribution in [1.82, 2.24) is 4.90 Å². The number of rotatable bonds is 1. The molecule has 122 valence electrons. The molecule has 0 saturated carbocycles. The zero-order chi connectivity index (χ0) is 16.5. The molecular weight excluding hydrogens is 297 g/mol. The fraction of sp³-hybridized carbons (Fsp3) is 0.533. The third kappa shape index (κ3) is 3.84. The van der Waals surface area contributed by atoms with Crippen molar-refractivity contribution >= 4 is 11.8 Å². The predicted octanol–water partition coefficient (Wildman–Crippen LogP) is 3.16. The minimum absolute atomic E-state index is 0.00254. The number of carbonyl (C=O) groups is 1. The molecule has 0 N–H and O–H groups in total. The Morgan fingerprint density at radius 3 is 2.09 bits per heavy atom. The van der Waals surface area contributed by atoms with Gasteiger partial charge in [-0.05, 0) is 20.8 Å². The number of carbonyl (C=O) groups excluding carboxylic acids is 1. The van der Waals surface area contributed by atoms with Crippen LogP contribution in [0.15, 0.2) is 12.1 Å². The van der Waals surface area contributed by atoms with E-state index in [9.17, 15) is 18.0 Å². The number of piperazine rings is 1. The average molecular weight is 316 g/mol. The molecular formula is C15H19F3N2O2. The van der Waals surface area contributed by atoms with E-state index in [0.29, 0.717) is 32.2 Å². The molecule has 0 unspecified atom stereocenters. The van der Waals surface area contributed by atoms with Crippen LogP contribution < -0.4 is 4.90 Å². The van der Waals surface area contributed by atoms with Gasteiger partial charge in [-0.25, -0.2) is 18.0 Å². The summed E-state index contributed by atoms with van der Waals surface area (Å²) in [6.07, 6.45) is -0.432. The third-order valence-corrected chi connectivity index (χ3v) is 3.26. The summed E-state index contributed by atoms with van der Waals surface area (Å²) < 4.78 is 45.2. The Bertz CT molecular complexity index is 565. The molecule has 0 atom stereocenters. The van der Waals surface area contributed by atoms with Gasteiger partial charge in [-0.2, -0.15) is 0 Å². The summed E-state index contributed by atoms with van der Waals surface area (Å²) in [5.41, 5.74) is -0.580. The molecule has 0 aromatic heterocycles. The highest BCUT2D eigenvalue weighted by molar-refractivity contribution is 5.68. The maximum Gasteiger partial charge on any atom is 0.410 e. The summed E-state index contributed by atoms with van der Waals surface area (Å²) in [6, 6.07) is 1.37. The van der Waals surface area contributed by atoms with E-state index >= 15 is 0 Å². The lowest BCUT2D eigenvalue weighted by atomic mass is 10.2. The molecule has 2 rings (SSSR count). The van der Waals surface area contributed by atoms with Crippen LogP contribution >= 0.6 is 0 Å². The number of amides is 1. The van der Waals surface area contributed by atoms with Crippen LogP contribution in [0.4, 0.5) is 23.7 Å². The molecule has 1 fully saturated rings. The Balaban J connectivity index is 2.01. The largest absolute Gasteiger partial charge is 0.444 e. The normalized spacial score (nSPS) is 15.9. The Hall–Kier alpha value is -1.92. The standard InChI is InChI=1S/C15H19F3N2O2/c1-15(2,3)22-14(21)20-6-4-19(5-7-20)13-9-11(17)10(16)8-12(13)18/h8-9H,4-7H2,1-3H3. The van der Waals surface area contributed by atoms with Gasteiger partial charge in [0, 0.05) is 38.3 Å². The number of halogens is 3. The van der Waals surface area contributed by atoms with E-state index < -0.39 is 29.1 Å². The summed E-state index contributed by atoms with van der Waals surface area (Å²) in [5.74, 6) is -3.12. The maximum absolute atomic E-state index is 13.7. The van der Waals surface area contributed by atoms with Gasteiger partial charge >= 0.3 is 6.09 Å². The maximum atomic E-state index is 13.7. The molecule has 0 aliphatic carbocycles.